The summed E-state index contributed by atoms with van der Waals surface area (Å²) in [6, 6.07) is 0. The summed E-state index contributed by atoms with van der Waals surface area (Å²) in [5.41, 5.74) is 1.36. The molecule has 0 aromatic rings. The van der Waals surface area contributed by atoms with Crippen molar-refractivity contribution < 1.29 is 0 Å². The van der Waals surface area contributed by atoms with Crippen LogP contribution in [0, 0.1) is 0 Å². The van der Waals surface area contributed by atoms with Gasteiger partial charge in [0.15, 0.2) is 0 Å². The molecule has 15 heavy (non-hydrogen) atoms. The lowest BCUT2D eigenvalue weighted by atomic mass is 10.0. The van der Waals surface area contributed by atoms with Crippen molar-refractivity contribution in [1.82, 2.24) is 0 Å². The fraction of sp³-hybridized carbons (Fsp3) is 0.692. The summed E-state index contributed by atoms with van der Waals surface area (Å²) in [5, 5.41) is 1.26. The summed E-state index contributed by atoms with van der Waals surface area (Å²) < 4.78 is 0. The van der Waals surface area contributed by atoms with Crippen LogP contribution in [0.4, 0.5) is 0 Å². The zero-order valence-corrected chi connectivity index (χ0v) is 12.8. The van der Waals surface area contributed by atoms with E-state index in [1.807, 2.05) is 0 Å². The molecule has 0 aliphatic rings. The average molecular weight is 245 g/mol. The molecule has 0 aliphatic heterocycles. The van der Waals surface area contributed by atoms with Gasteiger partial charge in [0.05, 0.1) is 12.9 Å². The van der Waals surface area contributed by atoms with Crippen molar-refractivity contribution in [2.45, 2.75) is 58.1 Å². The molecule has 0 bridgehead atoms. The summed E-state index contributed by atoms with van der Waals surface area (Å²) in [6.07, 6.45) is 4.28. The van der Waals surface area contributed by atoms with E-state index in [4.69, 9.17) is 11.6 Å². The van der Waals surface area contributed by atoms with Crippen LogP contribution >= 0.6 is 11.6 Å². The van der Waals surface area contributed by atoms with E-state index in [2.05, 4.69) is 53.1 Å². The van der Waals surface area contributed by atoms with E-state index in [9.17, 15) is 0 Å². The van der Waals surface area contributed by atoms with Crippen LogP contribution in [0.2, 0.25) is 19.6 Å². The first-order valence-electron chi connectivity index (χ1n) is 5.59. The Hall–Kier alpha value is -0.0131. The summed E-state index contributed by atoms with van der Waals surface area (Å²) in [5.74, 6) is 0. The molecule has 1 atom stereocenters. The highest BCUT2D eigenvalue weighted by molar-refractivity contribution is 6.84. The lowest BCUT2D eigenvalue weighted by Gasteiger charge is -2.32. The van der Waals surface area contributed by atoms with Crippen molar-refractivity contribution >= 4 is 19.7 Å². The third-order valence-electron chi connectivity index (χ3n) is 2.70. The van der Waals surface area contributed by atoms with Gasteiger partial charge >= 0.3 is 0 Å². The second kappa shape index (κ2) is 5.36. The molecule has 0 amide bonds. The van der Waals surface area contributed by atoms with Crippen LogP contribution in [-0.4, -0.2) is 12.9 Å². The smallest absolute Gasteiger partial charge is 0.0739 e. The molecule has 0 aliphatic carbocycles. The maximum absolute atomic E-state index is 6.56. The molecule has 0 saturated heterocycles. The maximum atomic E-state index is 6.56. The largest absolute Gasteiger partial charge is 0.115 e. The van der Waals surface area contributed by atoms with Gasteiger partial charge in [-0.15, -0.1) is 18.2 Å². The Bertz CT molecular complexity index is 252. The van der Waals surface area contributed by atoms with Gasteiger partial charge in [-0.25, -0.2) is 0 Å². The molecule has 0 fully saturated rings. The minimum Gasteiger partial charge on any atom is -0.115 e. The first kappa shape index (κ1) is 15.0. The van der Waals surface area contributed by atoms with Crippen molar-refractivity contribution in [3.05, 3.63) is 23.4 Å². The predicted octanol–water partition coefficient (Wildman–Crippen LogP) is 5.16. The Kier molecular flexibility index (Phi) is 5.35. The third-order valence-corrected chi connectivity index (χ3v) is 5.64. The highest BCUT2D eigenvalue weighted by atomic mass is 35.5. The molecule has 0 N–H and O–H groups in total. The van der Waals surface area contributed by atoms with Crippen molar-refractivity contribution in [2.75, 3.05) is 0 Å². The minimum atomic E-state index is -1.32. The van der Waals surface area contributed by atoms with Gasteiger partial charge in [0, 0.05) is 0 Å². The lowest BCUT2D eigenvalue weighted by molar-refractivity contribution is 0.681. The monoisotopic (exact) mass is 244 g/mol. The van der Waals surface area contributed by atoms with Crippen molar-refractivity contribution in [3.8, 4) is 0 Å². The van der Waals surface area contributed by atoms with Crippen molar-refractivity contribution in [2.24, 2.45) is 0 Å². The van der Waals surface area contributed by atoms with Crippen LogP contribution < -0.4 is 0 Å². The molecule has 1 unspecified atom stereocenters. The molecule has 0 nitrogen and oxygen atoms in total. The number of hydrogen-bond acceptors (Lipinski definition) is 0. The number of halogens is 1. The van der Waals surface area contributed by atoms with E-state index in [1.165, 1.54) is 10.8 Å². The van der Waals surface area contributed by atoms with Gasteiger partial charge < -0.3 is 0 Å². The Morgan fingerprint density at radius 2 is 1.80 bits per heavy atom. The number of hydrogen-bond donors (Lipinski definition) is 0. The highest BCUT2D eigenvalue weighted by Gasteiger charge is 2.32. The van der Waals surface area contributed by atoms with E-state index >= 15 is 0 Å². The Morgan fingerprint density at radius 1 is 1.33 bits per heavy atom. The Labute approximate surface area is 101 Å². The van der Waals surface area contributed by atoms with Gasteiger partial charge in [-0.1, -0.05) is 36.5 Å². The van der Waals surface area contributed by atoms with E-state index in [1.54, 1.807) is 0 Å². The fourth-order valence-electron chi connectivity index (χ4n) is 1.56. The molecule has 2 heteroatoms. The molecule has 0 radical (unpaired) electrons. The summed E-state index contributed by atoms with van der Waals surface area (Å²) in [7, 11) is -1.32. The quantitative estimate of drug-likeness (QED) is 0.356. The van der Waals surface area contributed by atoms with E-state index in [-0.39, 0.29) is 4.87 Å². The topological polar surface area (TPSA) is 0 Å². The van der Waals surface area contributed by atoms with Crippen LogP contribution in [0.25, 0.3) is 0 Å². The number of rotatable bonds is 5. The molecule has 0 aromatic heterocycles. The highest BCUT2D eigenvalue weighted by Crippen LogP contribution is 2.34. The molecule has 0 rings (SSSR count). The maximum Gasteiger partial charge on any atom is 0.0739 e. The van der Waals surface area contributed by atoms with Crippen LogP contribution in [0.5, 0.6) is 0 Å². The van der Waals surface area contributed by atoms with Crippen molar-refractivity contribution in [1.29, 1.82) is 0 Å². The van der Waals surface area contributed by atoms with Gasteiger partial charge in [-0.3, -0.25) is 0 Å². The second-order valence-electron chi connectivity index (χ2n) is 5.75. The van der Waals surface area contributed by atoms with Crippen LogP contribution in [-0.2, 0) is 0 Å². The molecule has 0 spiro atoms. The Morgan fingerprint density at radius 3 is 2.13 bits per heavy atom. The molecule has 0 aromatic carbocycles. The molecular weight excluding hydrogens is 220 g/mol. The third kappa shape index (κ3) is 5.57. The summed E-state index contributed by atoms with van der Waals surface area (Å²) in [6.45, 7) is 17.5. The van der Waals surface area contributed by atoms with Gasteiger partial charge in [-0.2, -0.15) is 0 Å². The van der Waals surface area contributed by atoms with Gasteiger partial charge in [-0.05, 0) is 33.6 Å². The molecule has 0 saturated carbocycles. The van der Waals surface area contributed by atoms with Crippen LogP contribution in [0.1, 0.15) is 33.6 Å². The number of alkyl halides is 1. The normalized spacial score (nSPS) is 15.7. The fourth-order valence-corrected chi connectivity index (χ4v) is 4.21. The van der Waals surface area contributed by atoms with Crippen molar-refractivity contribution in [3.63, 3.8) is 0 Å². The van der Waals surface area contributed by atoms with E-state index < -0.39 is 8.07 Å². The zero-order valence-electron chi connectivity index (χ0n) is 11.1. The molecule has 0 heterocycles. The number of allylic oxidation sites excluding steroid dienone is 3. The first-order valence-corrected chi connectivity index (χ1v) is 9.47. The van der Waals surface area contributed by atoms with E-state index in [0.29, 0.717) is 0 Å². The van der Waals surface area contributed by atoms with Crippen LogP contribution in [0.3, 0.4) is 0 Å². The van der Waals surface area contributed by atoms with Gasteiger partial charge in [0.25, 0.3) is 0 Å². The minimum absolute atomic E-state index is 0.226. The SMILES string of the molecule is C=C(C(C)(Cl)CCC=C(C)C)[Si](C)(C)C. The average Bonchev–Trinajstić information content (AvgIpc) is 2.00. The molecule has 88 valence electrons. The van der Waals surface area contributed by atoms with Gasteiger partial charge in [0.2, 0.25) is 0 Å². The lowest BCUT2D eigenvalue weighted by Crippen LogP contribution is -2.36. The van der Waals surface area contributed by atoms with Crippen LogP contribution in [0.15, 0.2) is 23.4 Å². The standard InChI is InChI=1S/C13H25ClSi/c1-11(2)9-8-10-13(4,14)12(3)15(5,6)7/h9H,3,8,10H2,1-2,4-7H3. The summed E-state index contributed by atoms with van der Waals surface area (Å²) in [4.78, 5) is -0.226. The van der Waals surface area contributed by atoms with Gasteiger partial charge in [0.1, 0.15) is 0 Å². The molecular formula is C13H25ClSi. The summed E-state index contributed by atoms with van der Waals surface area (Å²) >= 11 is 6.56. The predicted molar refractivity (Wildman–Crippen MR) is 75.4 cm³/mol. The zero-order chi connectivity index (χ0) is 12.3. The Balaban J connectivity index is 4.43. The first-order chi connectivity index (χ1) is 6.57. The van der Waals surface area contributed by atoms with E-state index in [0.717, 1.165) is 12.8 Å². The second-order valence-corrected chi connectivity index (χ2v) is 11.7.